The molecule has 0 N–H and O–H groups in total. The number of rotatable bonds is 3. The normalized spacial score (nSPS) is 15.4. The summed E-state index contributed by atoms with van der Waals surface area (Å²) in [5.41, 5.74) is 0.912. The van der Waals surface area contributed by atoms with Crippen LogP contribution in [0, 0.1) is 0 Å². The fraction of sp³-hybridized carbons (Fsp3) is 0.556. The Morgan fingerprint density at radius 2 is 1.93 bits per heavy atom. The topological polar surface area (TPSA) is 44.2 Å². The lowest BCUT2D eigenvalue weighted by Crippen LogP contribution is -2.00. The lowest BCUT2D eigenvalue weighted by atomic mass is 10.2. The fourth-order valence-electron chi connectivity index (χ4n) is 1.37. The van der Waals surface area contributed by atoms with Crippen LogP contribution in [-0.4, -0.2) is 24.2 Å². The minimum Gasteiger partial charge on any atom is -0.481 e. The van der Waals surface area contributed by atoms with Gasteiger partial charge in [-0.3, -0.25) is 0 Å². The van der Waals surface area contributed by atoms with Gasteiger partial charge >= 0.3 is 6.01 Å². The third-order valence-corrected chi connectivity index (χ3v) is 2.49. The molecule has 1 heterocycles. The van der Waals surface area contributed by atoms with Crippen LogP contribution < -0.4 is 9.47 Å². The van der Waals surface area contributed by atoms with Gasteiger partial charge in [-0.15, -0.1) is 0 Å². The Kier molecular flexibility index (Phi) is 2.46. The maximum atomic E-state index is 6.02. The van der Waals surface area contributed by atoms with Gasteiger partial charge in [-0.25, -0.2) is 0 Å². The minimum atomic E-state index is 0.247. The molecule has 14 heavy (non-hydrogen) atoms. The molecule has 1 aliphatic carbocycles. The van der Waals surface area contributed by atoms with Crippen LogP contribution in [0.5, 0.6) is 11.9 Å². The van der Waals surface area contributed by atoms with Gasteiger partial charge in [0.1, 0.15) is 5.15 Å². The average Bonchev–Trinajstić information content (AvgIpc) is 3.00. The minimum absolute atomic E-state index is 0.247. The van der Waals surface area contributed by atoms with Crippen LogP contribution in [0.3, 0.4) is 0 Å². The van der Waals surface area contributed by atoms with Crippen molar-refractivity contribution >= 4 is 11.6 Å². The Morgan fingerprint density at radius 3 is 2.43 bits per heavy atom. The number of methoxy groups -OCH3 is 2. The van der Waals surface area contributed by atoms with Crippen molar-refractivity contribution in [2.45, 2.75) is 18.8 Å². The molecule has 1 aliphatic rings. The van der Waals surface area contributed by atoms with Gasteiger partial charge in [0.25, 0.3) is 0 Å². The van der Waals surface area contributed by atoms with Crippen molar-refractivity contribution in [2.75, 3.05) is 14.2 Å². The predicted octanol–water partition coefficient (Wildman–Crippen LogP) is 2.02. The van der Waals surface area contributed by atoms with Crippen molar-refractivity contribution < 1.29 is 9.47 Å². The van der Waals surface area contributed by atoms with Crippen molar-refractivity contribution in [3.8, 4) is 11.9 Å². The van der Waals surface area contributed by atoms with E-state index in [9.17, 15) is 0 Å². The van der Waals surface area contributed by atoms with Gasteiger partial charge in [-0.05, 0) is 18.8 Å². The summed E-state index contributed by atoms with van der Waals surface area (Å²) in [6.45, 7) is 0. The molecule has 2 rings (SSSR count). The first-order chi connectivity index (χ1) is 6.76. The zero-order valence-corrected chi connectivity index (χ0v) is 8.84. The lowest BCUT2D eigenvalue weighted by Gasteiger charge is -2.08. The lowest BCUT2D eigenvalue weighted by molar-refractivity contribution is 0.349. The molecule has 5 heteroatoms. The molecule has 0 bridgehead atoms. The highest BCUT2D eigenvalue weighted by molar-refractivity contribution is 6.30. The molecular weight excluding hydrogens is 204 g/mol. The molecule has 0 spiro atoms. The van der Waals surface area contributed by atoms with E-state index in [1.54, 1.807) is 7.11 Å². The number of hydrogen-bond acceptors (Lipinski definition) is 4. The molecule has 0 aromatic carbocycles. The smallest absolute Gasteiger partial charge is 0.320 e. The second-order valence-corrected chi connectivity index (χ2v) is 3.56. The van der Waals surface area contributed by atoms with E-state index in [1.807, 2.05) is 0 Å². The van der Waals surface area contributed by atoms with Crippen molar-refractivity contribution in [3.05, 3.63) is 10.7 Å². The SMILES string of the molecule is COc1nc(Cl)c(C2CC2)c(OC)n1. The largest absolute Gasteiger partial charge is 0.481 e. The number of ether oxygens (including phenoxy) is 2. The summed E-state index contributed by atoms with van der Waals surface area (Å²) in [5, 5.41) is 0.441. The molecule has 1 fully saturated rings. The second-order valence-electron chi connectivity index (χ2n) is 3.20. The zero-order chi connectivity index (χ0) is 10.1. The molecule has 0 amide bonds. The van der Waals surface area contributed by atoms with E-state index in [1.165, 1.54) is 7.11 Å². The highest BCUT2D eigenvalue weighted by Crippen LogP contribution is 2.46. The third-order valence-electron chi connectivity index (χ3n) is 2.21. The van der Waals surface area contributed by atoms with Crippen molar-refractivity contribution in [1.82, 2.24) is 9.97 Å². The number of nitrogens with zero attached hydrogens (tertiary/aromatic N) is 2. The molecule has 0 radical (unpaired) electrons. The summed E-state index contributed by atoms with van der Waals surface area (Å²) in [4.78, 5) is 8.11. The van der Waals surface area contributed by atoms with Crippen LogP contribution in [0.25, 0.3) is 0 Å². The first-order valence-corrected chi connectivity index (χ1v) is 4.79. The summed E-state index contributed by atoms with van der Waals surface area (Å²) in [6.07, 6.45) is 2.26. The summed E-state index contributed by atoms with van der Waals surface area (Å²) in [6, 6.07) is 0.247. The van der Waals surface area contributed by atoms with Crippen LogP contribution in [0.1, 0.15) is 24.3 Å². The van der Waals surface area contributed by atoms with Gasteiger partial charge in [-0.2, -0.15) is 9.97 Å². The molecule has 76 valence electrons. The average molecular weight is 215 g/mol. The third kappa shape index (κ3) is 1.62. The molecule has 0 atom stereocenters. The summed E-state index contributed by atoms with van der Waals surface area (Å²) < 4.78 is 10.1. The Morgan fingerprint density at radius 1 is 1.21 bits per heavy atom. The van der Waals surface area contributed by atoms with E-state index in [4.69, 9.17) is 21.1 Å². The van der Waals surface area contributed by atoms with Gasteiger partial charge < -0.3 is 9.47 Å². The number of aromatic nitrogens is 2. The highest BCUT2D eigenvalue weighted by atomic mass is 35.5. The first-order valence-electron chi connectivity index (χ1n) is 4.41. The van der Waals surface area contributed by atoms with Crippen LogP contribution in [0.2, 0.25) is 5.15 Å². The Bertz CT molecular complexity index is 353. The summed E-state index contributed by atoms with van der Waals surface area (Å²) in [5.74, 6) is 0.993. The molecule has 1 aromatic heterocycles. The van der Waals surface area contributed by atoms with Crippen molar-refractivity contribution in [2.24, 2.45) is 0 Å². The maximum Gasteiger partial charge on any atom is 0.320 e. The van der Waals surface area contributed by atoms with Gasteiger partial charge in [0, 0.05) is 0 Å². The maximum absolute atomic E-state index is 6.02. The van der Waals surface area contributed by atoms with Crippen molar-refractivity contribution in [3.63, 3.8) is 0 Å². The van der Waals surface area contributed by atoms with E-state index in [0.29, 0.717) is 17.0 Å². The first kappa shape index (κ1) is 9.52. The molecule has 0 aliphatic heterocycles. The molecule has 4 nitrogen and oxygen atoms in total. The van der Waals surface area contributed by atoms with Gasteiger partial charge in [-0.1, -0.05) is 11.6 Å². The van der Waals surface area contributed by atoms with E-state index >= 15 is 0 Å². The van der Waals surface area contributed by atoms with E-state index in [0.717, 1.165) is 18.4 Å². The van der Waals surface area contributed by atoms with Crippen LogP contribution >= 0.6 is 11.6 Å². The van der Waals surface area contributed by atoms with Gasteiger partial charge in [0.2, 0.25) is 5.88 Å². The predicted molar refractivity (Wildman–Crippen MR) is 52.1 cm³/mol. The monoisotopic (exact) mass is 214 g/mol. The van der Waals surface area contributed by atoms with Crippen molar-refractivity contribution in [1.29, 1.82) is 0 Å². The van der Waals surface area contributed by atoms with Crippen LogP contribution in [0.15, 0.2) is 0 Å². The highest BCUT2D eigenvalue weighted by Gasteiger charge is 2.31. The van der Waals surface area contributed by atoms with E-state index < -0.39 is 0 Å². The number of halogens is 1. The summed E-state index contributed by atoms with van der Waals surface area (Å²) in [7, 11) is 3.08. The fourth-order valence-corrected chi connectivity index (χ4v) is 1.67. The Hall–Kier alpha value is -1.03. The van der Waals surface area contributed by atoms with E-state index in [-0.39, 0.29) is 6.01 Å². The zero-order valence-electron chi connectivity index (χ0n) is 8.08. The van der Waals surface area contributed by atoms with Crippen LogP contribution in [-0.2, 0) is 0 Å². The van der Waals surface area contributed by atoms with Crippen LogP contribution in [0.4, 0.5) is 0 Å². The summed E-state index contributed by atoms with van der Waals surface area (Å²) >= 11 is 6.02. The Balaban J connectivity index is 2.46. The van der Waals surface area contributed by atoms with Gasteiger partial charge in [0.15, 0.2) is 0 Å². The molecule has 1 aromatic rings. The molecule has 1 saturated carbocycles. The van der Waals surface area contributed by atoms with E-state index in [2.05, 4.69) is 9.97 Å². The molecule has 0 unspecified atom stereocenters. The standard InChI is InChI=1S/C9H11ClN2O2/c1-13-8-6(5-3-4-5)7(10)11-9(12-8)14-2/h5H,3-4H2,1-2H3. The molecular formula is C9H11ClN2O2. The van der Waals surface area contributed by atoms with Gasteiger partial charge in [0.05, 0.1) is 19.8 Å². The Labute approximate surface area is 87.2 Å². The molecule has 0 saturated heterocycles. The second kappa shape index (κ2) is 3.61. The quantitative estimate of drug-likeness (QED) is 0.723. The number of hydrogen-bond donors (Lipinski definition) is 0.